The van der Waals surface area contributed by atoms with E-state index in [1.165, 1.54) is 0 Å². The summed E-state index contributed by atoms with van der Waals surface area (Å²) in [6, 6.07) is 5.40. The third-order valence-electron chi connectivity index (χ3n) is 3.87. The molecule has 1 atom stereocenters. The number of nitrogens with zero attached hydrogens (tertiary/aromatic N) is 1. The predicted octanol–water partition coefficient (Wildman–Crippen LogP) is 3.84. The van der Waals surface area contributed by atoms with Crippen LogP contribution in [0.3, 0.4) is 0 Å². The van der Waals surface area contributed by atoms with Crippen LogP contribution in [0.15, 0.2) is 24.4 Å². The molecule has 1 aliphatic rings. The van der Waals surface area contributed by atoms with Crippen molar-refractivity contribution in [3.8, 4) is 5.75 Å². The third kappa shape index (κ3) is 3.28. The Balaban J connectivity index is 1.80. The summed E-state index contributed by atoms with van der Waals surface area (Å²) in [7, 11) is 0. The zero-order valence-electron chi connectivity index (χ0n) is 11.9. The van der Waals surface area contributed by atoms with Gasteiger partial charge in [0.2, 0.25) is 5.91 Å². The molecule has 2 heterocycles. The molecule has 6 heteroatoms. The second kappa shape index (κ2) is 6.71. The first kappa shape index (κ1) is 15.4. The largest absolute Gasteiger partial charge is 0.489 e. The highest BCUT2D eigenvalue weighted by atomic mass is 35.5. The van der Waals surface area contributed by atoms with Crippen LogP contribution in [0.25, 0.3) is 10.9 Å². The Kier molecular flexibility index (Phi) is 4.69. The fraction of sp³-hybridized carbons (Fsp3) is 0.375. The number of carbonyl (C=O) groups is 1. The Morgan fingerprint density at radius 3 is 3.05 bits per heavy atom. The number of halogens is 2. The first-order valence-electron chi connectivity index (χ1n) is 7.27. The first-order chi connectivity index (χ1) is 10.6. The average Bonchev–Trinajstić information content (AvgIpc) is 2.72. The smallest absolute Gasteiger partial charge is 0.220 e. The molecule has 0 bridgehead atoms. The summed E-state index contributed by atoms with van der Waals surface area (Å²) in [6.07, 6.45) is 3.96. The topological polar surface area (TPSA) is 51.2 Å². The summed E-state index contributed by atoms with van der Waals surface area (Å²) in [4.78, 5) is 15.7. The van der Waals surface area contributed by atoms with Gasteiger partial charge in [-0.15, -0.1) is 0 Å². The van der Waals surface area contributed by atoms with E-state index in [1.54, 1.807) is 12.3 Å². The Hall–Kier alpha value is -1.52. The molecule has 0 radical (unpaired) electrons. The third-order valence-corrected chi connectivity index (χ3v) is 4.46. The van der Waals surface area contributed by atoms with Crippen molar-refractivity contribution in [2.24, 2.45) is 5.92 Å². The molecule has 4 nitrogen and oxygen atoms in total. The molecule has 1 saturated heterocycles. The number of nitrogens with one attached hydrogen (secondary N) is 1. The van der Waals surface area contributed by atoms with E-state index in [4.69, 9.17) is 27.9 Å². The van der Waals surface area contributed by atoms with E-state index in [2.05, 4.69) is 10.3 Å². The van der Waals surface area contributed by atoms with Gasteiger partial charge in [0.1, 0.15) is 5.52 Å². The fourth-order valence-corrected chi connectivity index (χ4v) is 3.21. The minimum absolute atomic E-state index is 0.110. The molecule has 1 unspecified atom stereocenters. The van der Waals surface area contributed by atoms with E-state index in [0.717, 1.165) is 18.2 Å². The maximum atomic E-state index is 11.4. The van der Waals surface area contributed by atoms with Gasteiger partial charge in [-0.3, -0.25) is 9.78 Å². The summed E-state index contributed by atoms with van der Waals surface area (Å²) in [6.45, 7) is 1.21. The lowest BCUT2D eigenvalue weighted by atomic mass is 10.0. The predicted molar refractivity (Wildman–Crippen MR) is 87.6 cm³/mol. The van der Waals surface area contributed by atoms with Crippen molar-refractivity contribution in [3.63, 3.8) is 0 Å². The Morgan fingerprint density at radius 1 is 1.32 bits per heavy atom. The van der Waals surface area contributed by atoms with Crippen LogP contribution in [0.1, 0.15) is 19.3 Å². The maximum Gasteiger partial charge on any atom is 0.220 e. The van der Waals surface area contributed by atoms with E-state index >= 15 is 0 Å². The van der Waals surface area contributed by atoms with Gasteiger partial charge in [0.05, 0.1) is 16.7 Å². The number of benzene rings is 1. The SMILES string of the molecule is O=C1CCC(COc2c(Cl)cc(Cl)c3cccnc23)CCN1. The lowest BCUT2D eigenvalue weighted by molar-refractivity contribution is -0.120. The van der Waals surface area contributed by atoms with Gasteiger partial charge < -0.3 is 10.1 Å². The van der Waals surface area contributed by atoms with E-state index in [9.17, 15) is 4.79 Å². The molecule has 116 valence electrons. The number of pyridine rings is 1. The molecule has 1 amide bonds. The fourth-order valence-electron chi connectivity index (χ4n) is 2.64. The van der Waals surface area contributed by atoms with Crippen molar-refractivity contribution in [1.82, 2.24) is 10.3 Å². The van der Waals surface area contributed by atoms with Crippen LogP contribution in [0, 0.1) is 5.92 Å². The molecule has 1 aromatic heterocycles. The van der Waals surface area contributed by atoms with Crippen LogP contribution in [0.2, 0.25) is 10.0 Å². The maximum absolute atomic E-state index is 11.4. The van der Waals surface area contributed by atoms with Crippen molar-refractivity contribution in [2.45, 2.75) is 19.3 Å². The molecule has 1 N–H and O–H groups in total. The zero-order chi connectivity index (χ0) is 15.5. The van der Waals surface area contributed by atoms with Crippen molar-refractivity contribution in [1.29, 1.82) is 0 Å². The number of carbonyl (C=O) groups excluding carboxylic acids is 1. The van der Waals surface area contributed by atoms with Crippen molar-refractivity contribution in [3.05, 3.63) is 34.4 Å². The van der Waals surface area contributed by atoms with Crippen LogP contribution in [0.5, 0.6) is 5.75 Å². The van der Waals surface area contributed by atoms with Gasteiger partial charge in [-0.05, 0) is 37.0 Å². The normalized spacial score (nSPS) is 18.8. The number of ether oxygens (including phenoxy) is 1. The molecular weight excluding hydrogens is 323 g/mol. The highest BCUT2D eigenvalue weighted by Crippen LogP contribution is 2.37. The minimum atomic E-state index is 0.110. The Labute approximate surface area is 138 Å². The number of rotatable bonds is 3. The second-order valence-electron chi connectivity index (χ2n) is 5.42. The monoisotopic (exact) mass is 338 g/mol. The summed E-state index contributed by atoms with van der Waals surface area (Å²) in [5, 5.41) is 4.71. The number of hydrogen-bond acceptors (Lipinski definition) is 3. The van der Waals surface area contributed by atoms with Gasteiger partial charge in [0, 0.05) is 24.5 Å². The molecule has 0 aliphatic carbocycles. The lowest BCUT2D eigenvalue weighted by Crippen LogP contribution is -2.21. The van der Waals surface area contributed by atoms with Gasteiger partial charge >= 0.3 is 0 Å². The summed E-state index contributed by atoms with van der Waals surface area (Å²) in [5.74, 6) is 0.994. The average molecular weight is 339 g/mol. The van der Waals surface area contributed by atoms with Gasteiger partial charge in [0.15, 0.2) is 5.75 Å². The number of hydrogen-bond donors (Lipinski definition) is 1. The molecule has 22 heavy (non-hydrogen) atoms. The van der Waals surface area contributed by atoms with Crippen molar-refractivity contribution >= 4 is 40.0 Å². The number of fused-ring (bicyclic) bond motifs is 1. The van der Waals surface area contributed by atoms with Gasteiger partial charge in [-0.1, -0.05) is 23.2 Å². The minimum Gasteiger partial charge on any atom is -0.489 e. The molecular formula is C16H16Cl2N2O2. The molecule has 1 aliphatic heterocycles. The van der Waals surface area contributed by atoms with Crippen molar-refractivity contribution in [2.75, 3.05) is 13.2 Å². The molecule has 1 fully saturated rings. The van der Waals surface area contributed by atoms with E-state index in [-0.39, 0.29) is 5.91 Å². The van der Waals surface area contributed by atoms with Crippen LogP contribution < -0.4 is 10.1 Å². The number of amides is 1. The van der Waals surface area contributed by atoms with E-state index < -0.39 is 0 Å². The zero-order valence-corrected chi connectivity index (χ0v) is 13.5. The lowest BCUT2D eigenvalue weighted by Gasteiger charge is -2.16. The van der Waals surface area contributed by atoms with Crippen LogP contribution >= 0.6 is 23.2 Å². The quantitative estimate of drug-likeness (QED) is 0.924. The van der Waals surface area contributed by atoms with Crippen molar-refractivity contribution < 1.29 is 9.53 Å². The summed E-state index contributed by atoms with van der Waals surface area (Å²) < 4.78 is 5.94. The standard InChI is InChI=1S/C16H16Cl2N2O2/c17-12-8-13(18)16(15-11(12)2-1-6-20-15)22-9-10-3-4-14(21)19-7-5-10/h1-2,6,8,10H,3-5,7,9H2,(H,19,21). The number of aromatic nitrogens is 1. The Bertz CT molecular complexity index is 706. The molecule has 2 aromatic rings. The van der Waals surface area contributed by atoms with E-state index in [1.807, 2.05) is 12.1 Å². The van der Waals surface area contributed by atoms with Gasteiger partial charge in [-0.2, -0.15) is 0 Å². The van der Waals surface area contributed by atoms with Gasteiger partial charge in [0.25, 0.3) is 0 Å². The molecule has 0 saturated carbocycles. The molecule has 1 aromatic carbocycles. The van der Waals surface area contributed by atoms with Crippen LogP contribution in [-0.2, 0) is 4.79 Å². The highest BCUT2D eigenvalue weighted by Gasteiger charge is 2.18. The Morgan fingerprint density at radius 2 is 2.18 bits per heavy atom. The van der Waals surface area contributed by atoms with Crippen LogP contribution in [0.4, 0.5) is 0 Å². The van der Waals surface area contributed by atoms with Gasteiger partial charge in [-0.25, -0.2) is 0 Å². The summed E-state index contributed by atoms with van der Waals surface area (Å²) in [5.41, 5.74) is 0.669. The second-order valence-corrected chi connectivity index (χ2v) is 6.24. The highest BCUT2D eigenvalue weighted by molar-refractivity contribution is 6.39. The summed E-state index contributed by atoms with van der Waals surface area (Å²) >= 11 is 12.5. The molecule has 3 rings (SSSR count). The van der Waals surface area contributed by atoms with Crippen LogP contribution in [-0.4, -0.2) is 24.0 Å². The first-order valence-corrected chi connectivity index (χ1v) is 8.03. The van der Waals surface area contributed by atoms with E-state index in [0.29, 0.717) is 46.8 Å². The molecule has 0 spiro atoms.